The van der Waals surface area contributed by atoms with Crippen LogP contribution in [-0.2, 0) is 0 Å². The summed E-state index contributed by atoms with van der Waals surface area (Å²) in [6.07, 6.45) is 8.12. The van der Waals surface area contributed by atoms with E-state index in [-0.39, 0.29) is 0 Å². The lowest BCUT2D eigenvalue weighted by atomic mass is 9.75. The van der Waals surface area contributed by atoms with Gasteiger partial charge in [0, 0.05) is 12.1 Å². The summed E-state index contributed by atoms with van der Waals surface area (Å²) >= 11 is 0. The summed E-state index contributed by atoms with van der Waals surface area (Å²) in [7, 11) is 0. The second-order valence-corrected chi connectivity index (χ2v) is 6.75. The molecule has 1 heterocycles. The average molecular weight is 238 g/mol. The monoisotopic (exact) mass is 238 g/mol. The van der Waals surface area contributed by atoms with Crippen molar-refractivity contribution in [1.82, 2.24) is 4.90 Å². The normalized spacial score (nSPS) is 38.5. The molecule has 2 atom stereocenters. The van der Waals surface area contributed by atoms with Gasteiger partial charge < -0.3 is 5.73 Å². The second-order valence-electron chi connectivity index (χ2n) is 6.75. The van der Waals surface area contributed by atoms with Crippen molar-refractivity contribution < 1.29 is 0 Å². The third-order valence-electron chi connectivity index (χ3n) is 5.97. The molecule has 0 spiro atoms. The molecule has 1 saturated heterocycles. The van der Waals surface area contributed by atoms with E-state index in [1.54, 1.807) is 0 Å². The number of likely N-dealkylation sites (tertiary alicyclic amines) is 1. The SMILES string of the molecule is CCC1(C)CCN(C2(CN)CCCC2C)CC1. The summed E-state index contributed by atoms with van der Waals surface area (Å²) in [6.45, 7) is 10.6. The third kappa shape index (κ3) is 2.26. The van der Waals surface area contributed by atoms with Crippen LogP contribution in [0, 0.1) is 11.3 Å². The maximum atomic E-state index is 6.15. The fourth-order valence-electron chi connectivity index (χ4n) is 3.98. The van der Waals surface area contributed by atoms with Gasteiger partial charge >= 0.3 is 0 Å². The molecule has 0 aromatic heterocycles. The molecule has 0 amide bonds. The molecule has 0 aromatic carbocycles. The van der Waals surface area contributed by atoms with Crippen molar-refractivity contribution in [1.29, 1.82) is 0 Å². The lowest BCUT2D eigenvalue weighted by Crippen LogP contribution is -2.58. The van der Waals surface area contributed by atoms with Crippen molar-refractivity contribution in [2.75, 3.05) is 19.6 Å². The summed E-state index contributed by atoms with van der Waals surface area (Å²) in [5.74, 6) is 0.790. The Balaban J connectivity index is 2.04. The van der Waals surface area contributed by atoms with Gasteiger partial charge in [0.2, 0.25) is 0 Å². The minimum atomic E-state index is 0.342. The molecule has 1 aliphatic carbocycles. The highest BCUT2D eigenvalue weighted by Gasteiger charge is 2.45. The Bertz CT molecular complexity index is 256. The Labute approximate surface area is 107 Å². The number of piperidine rings is 1. The molecule has 2 fully saturated rings. The Kier molecular flexibility index (Phi) is 3.84. The first-order valence-electron chi connectivity index (χ1n) is 7.51. The summed E-state index contributed by atoms with van der Waals surface area (Å²) < 4.78 is 0. The van der Waals surface area contributed by atoms with E-state index < -0.39 is 0 Å². The lowest BCUT2D eigenvalue weighted by Gasteiger charge is -2.49. The van der Waals surface area contributed by atoms with Gasteiger partial charge in [-0.25, -0.2) is 0 Å². The summed E-state index contributed by atoms with van der Waals surface area (Å²) in [5, 5.41) is 0. The van der Waals surface area contributed by atoms with Crippen LogP contribution in [0.1, 0.15) is 59.3 Å². The molecule has 2 aliphatic rings. The average Bonchev–Trinajstić information content (AvgIpc) is 2.73. The van der Waals surface area contributed by atoms with Gasteiger partial charge in [-0.1, -0.05) is 33.6 Å². The topological polar surface area (TPSA) is 29.3 Å². The number of nitrogens with two attached hydrogens (primary N) is 1. The van der Waals surface area contributed by atoms with Crippen LogP contribution < -0.4 is 5.73 Å². The molecule has 2 unspecified atom stereocenters. The smallest absolute Gasteiger partial charge is 0.0357 e. The zero-order valence-corrected chi connectivity index (χ0v) is 12.0. The van der Waals surface area contributed by atoms with Gasteiger partial charge in [0.05, 0.1) is 0 Å². The zero-order valence-electron chi connectivity index (χ0n) is 12.0. The van der Waals surface area contributed by atoms with Crippen molar-refractivity contribution >= 4 is 0 Å². The van der Waals surface area contributed by atoms with Crippen molar-refractivity contribution in [2.24, 2.45) is 17.1 Å². The van der Waals surface area contributed by atoms with Crippen LogP contribution in [0.3, 0.4) is 0 Å². The van der Waals surface area contributed by atoms with E-state index in [2.05, 4.69) is 25.7 Å². The standard InChI is InChI=1S/C15H30N2/c1-4-14(3)8-10-17(11-9-14)15(12-16)7-5-6-13(15)2/h13H,4-12,16H2,1-3H3. The van der Waals surface area contributed by atoms with E-state index in [1.165, 1.54) is 51.6 Å². The quantitative estimate of drug-likeness (QED) is 0.819. The van der Waals surface area contributed by atoms with Gasteiger partial charge in [0.15, 0.2) is 0 Å². The molecule has 1 aliphatic heterocycles. The highest BCUT2D eigenvalue weighted by Crippen LogP contribution is 2.43. The Morgan fingerprint density at radius 3 is 2.29 bits per heavy atom. The molecule has 17 heavy (non-hydrogen) atoms. The van der Waals surface area contributed by atoms with Crippen molar-refractivity contribution in [3.63, 3.8) is 0 Å². The van der Waals surface area contributed by atoms with Crippen molar-refractivity contribution in [2.45, 2.75) is 64.8 Å². The predicted octanol–water partition coefficient (Wildman–Crippen LogP) is 3.02. The van der Waals surface area contributed by atoms with Gasteiger partial charge in [-0.15, -0.1) is 0 Å². The molecular weight excluding hydrogens is 208 g/mol. The minimum absolute atomic E-state index is 0.342. The second kappa shape index (κ2) is 4.89. The van der Waals surface area contributed by atoms with Crippen LogP contribution >= 0.6 is 0 Å². The van der Waals surface area contributed by atoms with Crippen LogP contribution in [0.2, 0.25) is 0 Å². The predicted molar refractivity (Wildman–Crippen MR) is 74.0 cm³/mol. The number of nitrogens with zero attached hydrogens (tertiary/aromatic N) is 1. The Morgan fingerprint density at radius 2 is 1.88 bits per heavy atom. The highest BCUT2D eigenvalue weighted by atomic mass is 15.2. The van der Waals surface area contributed by atoms with E-state index in [1.807, 2.05) is 0 Å². The maximum Gasteiger partial charge on any atom is 0.0357 e. The zero-order chi connectivity index (χ0) is 12.5. The molecule has 0 radical (unpaired) electrons. The van der Waals surface area contributed by atoms with E-state index >= 15 is 0 Å². The molecule has 0 bridgehead atoms. The van der Waals surface area contributed by atoms with Crippen LogP contribution in [0.15, 0.2) is 0 Å². The van der Waals surface area contributed by atoms with Crippen molar-refractivity contribution in [3.05, 3.63) is 0 Å². The van der Waals surface area contributed by atoms with E-state index in [0.29, 0.717) is 11.0 Å². The first kappa shape index (κ1) is 13.4. The van der Waals surface area contributed by atoms with Gasteiger partial charge in [-0.3, -0.25) is 4.90 Å². The molecular formula is C15H30N2. The fraction of sp³-hybridized carbons (Fsp3) is 1.00. The molecule has 2 rings (SSSR count). The van der Waals surface area contributed by atoms with E-state index in [0.717, 1.165) is 12.5 Å². The maximum absolute atomic E-state index is 6.15. The molecule has 0 aromatic rings. The first-order valence-corrected chi connectivity index (χ1v) is 7.51. The van der Waals surface area contributed by atoms with Crippen LogP contribution in [0.4, 0.5) is 0 Å². The van der Waals surface area contributed by atoms with Crippen LogP contribution in [0.5, 0.6) is 0 Å². The Hall–Kier alpha value is -0.0800. The van der Waals surface area contributed by atoms with E-state index in [4.69, 9.17) is 5.73 Å². The molecule has 100 valence electrons. The number of hydrogen-bond donors (Lipinski definition) is 1. The minimum Gasteiger partial charge on any atom is -0.329 e. The summed E-state index contributed by atoms with van der Waals surface area (Å²) in [6, 6.07) is 0. The lowest BCUT2D eigenvalue weighted by molar-refractivity contribution is 0.00658. The molecule has 2 N–H and O–H groups in total. The number of rotatable bonds is 3. The van der Waals surface area contributed by atoms with E-state index in [9.17, 15) is 0 Å². The first-order chi connectivity index (χ1) is 8.06. The summed E-state index contributed by atoms with van der Waals surface area (Å²) in [5.41, 5.74) is 7.08. The third-order valence-corrected chi connectivity index (χ3v) is 5.97. The van der Waals surface area contributed by atoms with Gasteiger partial charge in [-0.05, 0) is 50.1 Å². The summed E-state index contributed by atoms with van der Waals surface area (Å²) in [4.78, 5) is 2.74. The Morgan fingerprint density at radius 1 is 1.24 bits per heavy atom. The highest BCUT2D eigenvalue weighted by molar-refractivity contribution is 5.02. The molecule has 1 saturated carbocycles. The van der Waals surface area contributed by atoms with Crippen molar-refractivity contribution in [3.8, 4) is 0 Å². The van der Waals surface area contributed by atoms with Crippen LogP contribution in [-0.4, -0.2) is 30.1 Å². The van der Waals surface area contributed by atoms with Gasteiger partial charge in [0.25, 0.3) is 0 Å². The number of hydrogen-bond acceptors (Lipinski definition) is 2. The molecule has 2 heteroatoms. The molecule has 2 nitrogen and oxygen atoms in total. The van der Waals surface area contributed by atoms with Crippen LogP contribution in [0.25, 0.3) is 0 Å². The van der Waals surface area contributed by atoms with Gasteiger partial charge in [0.1, 0.15) is 0 Å². The van der Waals surface area contributed by atoms with Gasteiger partial charge in [-0.2, -0.15) is 0 Å². The fourth-order valence-corrected chi connectivity index (χ4v) is 3.98. The largest absolute Gasteiger partial charge is 0.329 e.